The molecule has 2 aliphatic rings. The molecule has 0 radical (unpaired) electrons. The van der Waals surface area contributed by atoms with E-state index in [4.69, 9.17) is 10.5 Å². The van der Waals surface area contributed by atoms with Gasteiger partial charge in [0.15, 0.2) is 0 Å². The zero-order valence-electron chi connectivity index (χ0n) is 10.3. The minimum Gasteiger partial charge on any atom is -0.494 e. The van der Waals surface area contributed by atoms with Crippen molar-refractivity contribution >= 4 is 0 Å². The van der Waals surface area contributed by atoms with Crippen LogP contribution < -0.4 is 10.5 Å². The molecule has 1 atom stereocenters. The summed E-state index contributed by atoms with van der Waals surface area (Å²) in [6.45, 7) is 0.860. The lowest BCUT2D eigenvalue weighted by Gasteiger charge is -2.22. The molecule has 1 fully saturated rings. The highest BCUT2D eigenvalue weighted by molar-refractivity contribution is 5.39. The van der Waals surface area contributed by atoms with E-state index >= 15 is 0 Å². The Morgan fingerprint density at radius 2 is 2.12 bits per heavy atom. The van der Waals surface area contributed by atoms with E-state index in [1.165, 1.54) is 43.2 Å². The minimum atomic E-state index is 0.214. The minimum absolute atomic E-state index is 0.214. The Morgan fingerprint density at radius 3 is 2.94 bits per heavy atom. The van der Waals surface area contributed by atoms with Crippen LogP contribution in [0, 0.1) is 5.92 Å². The van der Waals surface area contributed by atoms with Crippen LogP contribution in [0.1, 0.15) is 49.3 Å². The second-order valence-electron chi connectivity index (χ2n) is 5.44. The van der Waals surface area contributed by atoms with E-state index in [-0.39, 0.29) is 6.04 Å². The Hall–Kier alpha value is -1.02. The standard InChI is InChI=1S/C15H21NO/c16-15-3-1-2-12-6-7-13(10-14(12)15)17-9-8-11-4-5-11/h6-7,10-11,15H,1-5,8-9,16H2/t15-/m0/s1. The maximum Gasteiger partial charge on any atom is 0.119 e. The van der Waals surface area contributed by atoms with Gasteiger partial charge in [-0.1, -0.05) is 18.9 Å². The first-order valence-electron chi connectivity index (χ1n) is 6.84. The van der Waals surface area contributed by atoms with Gasteiger partial charge in [-0.3, -0.25) is 0 Å². The van der Waals surface area contributed by atoms with E-state index in [2.05, 4.69) is 18.2 Å². The van der Waals surface area contributed by atoms with E-state index in [0.29, 0.717) is 0 Å². The van der Waals surface area contributed by atoms with Gasteiger partial charge in [-0.15, -0.1) is 0 Å². The molecule has 1 aromatic rings. The summed E-state index contributed by atoms with van der Waals surface area (Å²) >= 11 is 0. The highest BCUT2D eigenvalue weighted by Crippen LogP contribution is 2.33. The third-order valence-corrected chi connectivity index (χ3v) is 3.97. The second kappa shape index (κ2) is 4.69. The Kier molecular flexibility index (Phi) is 3.06. The van der Waals surface area contributed by atoms with Crippen LogP contribution in [0.15, 0.2) is 18.2 Å². The lowest BCUT2D eigenvalue weighted by molar-refractivity contribution is 0.301. The topological polar surface area (TPSA) is 35.2 Å². The van der Waals surface area contributed by atoms with Crippen molar-refractivity contribution in [3.63, 3.8) is 0 Å². The van der Waals surface area contributed by atoms with Crippen molar-refractivity contribution in [2.24, 2.45) is 11.7 Å². The average molecular weight is 231 g/mol. The third kappa shape index (κ3) is 2.63. The summed E-state index contributed by atoms with van der Waals surface area (Å²) in [5, 5.41) is 0. The number of rotatable bonds is 4. The monoisotopic (exact) mass is 231 g/mol. The molecule has 3 rings (SSSR count). The molecule has 0 saturated heterocycles. The van der Waals surface area contributed by atoms with Crippen LogP contribution in [0.4, 0.5) is 0 Å². The van der Waals surface area contributed by atoms with Crippen LogP contribution in [-0.2, 0) is 6.42 Å². The van der Waals surface area contributed by atoms with Gasteiger partial charge in [-0.05, 0) is 54.9 Å². The molecule has 17 heavy (non-hydrogen) atoms. The van der Waals surface area contributed by atoms with Crippen LogP contribution in [0.3, 0.4) is 0 Å². The van der Waals surface area contributed by atoms with Gasteiger partial charge in [0.2, 0.25) is 0 Å². The second-order valence-corrected chi connectivity index (χ2v) is 5.44. The predicted octanol–water partition coefficient (Wildman–Crippen LogP) is 3.20. The van der Waals surface area contributed by atoms with Crippen LogP contribution in [0.5, 0.6) is 5.75 Å². The largest absolute Gasteiger partial charge is 0.494 e. The van der Waals surface area contributed by atoms with E-state index in [1.807, 2.05) is 0 Å². The van der Waals surface area contributed by atoms with Gasteiger partial charge in [0.25, 0.3) is 0 Å². The normalized spacial score (nSPS) is 23.2. The maximum absolute atomic E-state index is 6.15. The zero-order valence-corrected chi connectivity index (χ0v) is 10.3. The molecular formula is C15H21NO. The van der Waals surface area contributed by atoms with Gasteiger partial charge in [-0.2, -0.15) is 0 Å². The molecule has 2 N–H and O–H groups in total. The number of ether oxygens (including phenoxy) is 1. The molecule has 2 heteroatoms. The van der Waals surface area contributed by atoms with E-state index < -0.39 is 0 Å². The number of nitrogens with two attached hydrogens (primary N) is 1. The zero-order chi connectivity index (χ0) is 11.7. The summed E-state index contributed by atoms with van der Waals surface area (Å²) in [6.07, 6.45) is 7.51. The molecule has 1 aromatic carbocycles. The summed E-state index contributed by atoms with van der Waals surface area (Å²) in [7, 11) is 0. The first kappa shape index (κ1) is 11.1. The summed E-state index contributed by atoms with van der Waals surface area (Å²) in [5.74, 6) is 1.94. The number of benzene rings is 1. The Morgan fingerprint density at radius 1 is 1.24 bits per heavy atom. The van der Waals surface area contributed by atoms with Gasteiger partial charge in [0, 0.05) is 6.04 Å². The fraction of sp³-hybridized carbons (Fsp3) is 0.600. The highest BCUT2D eigenvalue weighted by atomic mass is 16.5. The van der Waals surface area contributed by atoms with E-state index in [0.717, 1.165) is 24.7 Å². The van der Waals surface area contributed by atoms with Crippen molar-refractivity contribution in [2.45, 2.75) is 44.6 Å². The summed E-state index contributed by atoms with van der Waals surface area (Å²) in [4.78, 5) is 0. The quantitative estimate of drug-likeness (QED) is 0.863. The molecule has 0 bridgehead atoms. The smallest absolute Gasteiger partial charge is 0.119 e. The fourth-order valence-electron chi connectivity index (χ4n) is 2.65. The Bertz CT molecular complexity index is 398. The van der Waals surface area contributed by atoms with Gasteiger partial charge >= 0.3 is 0 Å². The van der Waals surface area contributed by atoms with E-state index in [1.54, 1.807) is 0 Å². The first-order valence-corrected chi connectivity index (χ1v) is 6.84. The average Bonchev–Trinajstić information content (AvgIpc) is 3.14. The lowest BCUT2D eigenvalue weighted by atomic mass is 9.88. The number of fused-ring (bicyclic) bond motifs is 1. The number of aryl methyl sites for hydroxylation is 1. The maximum atomic E-state index is 6.15. The molecule has 0 aromatic heterocycles. The SMILES string of the molecule is N[C@H]1CCCc2ccc(OCCC3CC3)cc21. The summed E-state index contributed by atoms with van der Waals surface area (Å²) < 4.78 is 5.82. The van der Waals surface area contributed by atoms with E-state index in [9.17, 15) is 0 Å². The molecule has 0 spiro atoms. The lowest BCUT2D eigenvalue weighted by Crippen LogP contribution is -2.17. The number of hydrogen-bond donors (Lipinski definition) is 1. The predicted molar refractivity (Wildman–Crippen MR) is 69.1 cm³/mol. The van der Waals surface area contributed by atoms with Crippen molar-refractivity contribution in [1.29, 1.82) is 0 Å². The third-order valence-electron chi connectivity index (χ3n) is 3.97. The molecule has 1 saturated carbocycles. The molecule has 2 nitrogen and oxygen atoms in total. The van der Waals surface area contributed by atoms with Gasteiger partial charge in [0.1, 0.15) is 5.75 Å². The van der Waals surface area contributed by atoms with Crippen molar-refractivity contribution in [3.05, 3.63) is 29.3 Å². The molecule has 92 valence electrons. The van der Waals surface area contributed by atoms with Crippen LogP contribution in [0.25, 0.3) is 0 Å². The summed E-state index contributed by atoms with van der Waals surface area (Å²) in [6, 6.07) is 6.67. The molecule has 0 amide bonds. The van der Waals surface area contributed by atoms with Crippen LogP contribution >= 0.6 is 0 Å². The highest BCUT2D eigenvalue weighted by Gasteiger charge is 2.21. The Labute approximate surface area is 103 Å². The number of hydrogen-bond acceptors (Lipinski definition) is 2. The van der Waals surface area contributed by atoms with Gasteiger partial charge in [-0.25, -0.2) is 0 Å². The van der Waals surface area contributed by atoms with Crippen molar-refractivity contribution in [2.75, 3.05) is 6.61 Å². The van der Waals surface area contributed by atoms with Crippen LogP contribution in [-0.4, -0.2) is 6.61 Å². The molecule has 0 aliphatic heterocycles. The molecular weight excluding hydrogens is 210 g/mol. The van der Waals surface area contributed by atoms with Crippen LogP contribution in [0.2, 0.25) is 0 Å². The van der Waals surface area contributed by atoms with Crippen molar-refractivity contribution in [3.8, 4) is 5.75 Å². The van der Waals surface area contributed by atoms with Gasteiger partial charge < -0.3 is 10.5 Å². The van der Waals surface area contributed by atoms with Crippen molar-refractivity contribution < 1.29 is 4.74 Å². The molecule has 0 unspecified atom stereocenters. The first-order chi connectivity index (χ1) is 8.33. The molecule has 0 heterocycles. The molecule has 2 aliphatic carbocycles. The van der Waals surface area contributed by atoms with Gasteiger partial charge in [0.05, 0.1) is 6.61 Å². The fourth-order valence-corrected chi connectivity index (χ4v) is 2.65. The van der Waals surface area contributed by atoms with Crippen molar-refractivity contribution in [1.82, 2.24) is 0 Å². The summed E-state index contributed by atoms with van der Waals surface area (Å²) in [5.41, 5.74) is 8.87. The Balaban J connectivity index is 1.65.